The van der Waals surface area contributed by atoms with Crippen LogP contribution < -0.4 is 0 Å². The number of carbonyl (C=O) groups excluding carboxylic acids is 3. The van der Waals surface area contributed by atoms with Crippen LogP contribution in [0.25, 0.3) is 0 Å². The van der Waals surface area contributed by atoms with Crippen molar-refractivity contribution in [1.29, 1.82) is 0 Å². The minimum atomic E-state index is -0.761. The van der Waals surface area contributed by atoms with Gasteiger partial charge in [-0.2, -0.15) is 0 Å². The fourth-order valence-corrected chi connectivity index (χ4v) is 9.51. The molecule has 6 heteroatoms. The van der Waals surface area contributed by atoms with Crippen molar-refractivity contribution < 1.29 is 28.6 Å². The third-order valence-electron chi connectivity index (χ3n) is 14.1. The summed E-state index contributed by atoms with van der Waals surface area (Å²) in [6.45, 7) is 6.72. The van der Waals surface area contributed by atoms with E-state index < -0.39 is 6.10 Å². The highest BCUT2D eigenvalue weighted by Gasteiger charge is 2.19. The zero-order valence-electron chi connectivity index (χ0n) is 45.7. The SMILES string of the molecule is CCCCCCCCCCCCCCCCCCCCC(=O)OC[C@@H](COC(=O)CCCCCCCCCCCCCCCCCC)OC(=O)CCCCCCCCCCCCCCCCC. The molecule has 0 aliphatic carbocycles. The molecule has 0 spiro atoms. The Morgan fingerprint density at radius 3 is 0.597 bits per heavy atom. The quantitative estimate of drug-likeness (QED) is 0.0343. The smallest absolute Gasteiger partial charge is 0.306 e. The van der Waals surface area contributed by atoms with E-state index in [2.05, 4.69) is 20.8 Å². The molecule has 1 atom stereocenters. The van der Waals surface area contributed by atoms with Crippen molar-refractivity contribution >= 4 is 17.9 Å². The van der Waals surface area contributed by atoms with Crippen LogP contribution in [0.5, 0.6) is 0 Å². The molecule has 6 nitrogen and oxygen atoms in total. The second-order valence-corrected chi connectivity index (χ2v) is 21.0. The van der Waals surface area contributed by atoms with Gasteiger partial charge < -0.3 is 14.2 Å². The van der Waals surface area contributed by atoms with Gasteiger partial charge in [0.2, 0.25) is 0 Å². The summed E-state index contributed by atoms with van der Waals surface area (Å²) in [5.74, 6) is -0.827. The number of rotatable bonds is 57. The van der Waals surface area contributed by atoms with Crippen molar-refractivity contribution in [3.63, 3.8) is 0 Å². The van der Waals surface area contributed by atoms with Gasteiger partial charge in [-0.1, -0.05) is 316 Å². The molecule has 0 N–H and O–H groups in total. The third kappa shape index (κ3) is 55.2. The predicted molar refractivity (Wildman–Crippen MR) is 289 cm³/mol. The van der Waals surface area contributed by atoms with E-state index in [0.717, 1.165) is 57.8 Å². The molecule has 0 aliphatic rings. The highest BCUT2D eigenvalue weighted by Crippen LogP contribution is 2.18. The average Bonchev–Trinajstić information content (AvgIpc) is 3.33. The molecule has 0 aromatic heterocycles. The molecule has 0 unspecified atom stereocenters. The number of hydrogen-bond donors (Lipinski definition) is 0. The van der Waals surface area contributed by atoms with Crippen molar-refractivity contribution in [1.82, 2.24) is 0 Å². The molecular weight excluding hydrogens is 829 g/mol. The molecule has 67 heavy (non-hydrogen) atoms. The zero-order valence-corrected chi connectivity index (χ0v) is 45.7. The standard InChI is InChI=1S/C61H118O6/c1-4-7-10-13-16-19-22-25-28-30-31-34-36-39-42-45-48-51-54-60(63)66-57-58(67-61(64)55-52-49-46-43-40-37-32-27-24-21-18-15-12-9-6-3)56-65-59(62)53-50-47-44-41-38-35-33-29-26-23-20-17-14-11-8-5-2/h58H,4-57H2,1-3H3/t58-/m1/s1. The summed E-state index contributed by atoms with van der Waals surface area (Å²) in [7, 11) is 0. The molecule has 0 saturated carbocycles. The molecule has 0 rings (SSSR count). The number of unbranched alkanes of at least 4 members (excludes halogenated alkanes) is 46. The first-order valence-electron chi connectivity index (χ1n) is 30.5. The second-order valence-electron chi connectivity index (χ2n) is 21.0. The van der Waals surface area contributed by atoms with E-state index in [9.17, 15) is 14.4 Å². The molecule has 0 aliphatic heterocycles. The van der Waals surface area contributed by atoms with Gasteiger partial charge in [-0.25, -0.2) is 0 Å². The Morgan fingerprint density at radius 2 is 0.403 bits per heavy atom. The summed E-state index contributed by atoms with van der Waals surface area (Å²) < 4.78 is 16.9. The molecule has 0 fully saturated rings. The first kappa shape index (κ1) is 65.4. The van der Waals surface area contributed by atoms with E-state index >= 15 is 0 Å². The van der Waals surface area contributed by atoms with Crippen LogP contribution in [0.15, 0.2) is 0 Å². The van der Waals surface area contributed by atoms with Gasteiger partial charge in [-0.3, -0.25) is 14.4 Å². The Kier molecular flexibility index (Phi) is 55.6. The molecule has 0 radical (unpaired) electrons. The maximum Gasteiger partial charge on any atom is 0.306 e. The monoisotopic (exact) mass is 947 g/mol. The second kappa shape index (κ2) is 57.0. The number of ether oxygens (including phenoxy) is 3. The molecule has 0 aromatic carbocycles. The summed E-state index contributed by atoms with van der Waals surface area (Å²) in [6.07, 6.45) is 63.8. The first-order chi connectivity index (χ1) is 33.0. The number of esters is 3. The van der Waals surface area contributed by atoms with Crippen molar-refractivity contribution in [2.45, 2.75) is 361 Å². The lowest BCUT2D eigenvalue weighted by Gasteiger charge is -2.18. The minimum absolute atomic E-state index is 0.0607. The Balaban J connectivity index is 4.28. The van der Waals surface area contributed by atoms with Gasteiger partial charge in [0.15, 0.2) is 6.10 Å². The zero-order chi connectivity index (χ0) is 48.6. The number of hydrogen-bond acceptors (Lipinski definition) is 6. The van der Waals surface area contributed by atoms with Gasteiger partial charge in [0, 0.05) is 19.3 Å². The van der Waals surface area contributed by atoms with E-state index in [-0.39, 0.29) is 31.1 Å². The Labute approximate surface area is 418 Å². The highest BCUT2D eigenvalue weighted by atomic mass is 16.6. The summed E-state index contributed by atoms with van der Waals surface area (Å²) in [5.41, 5.74) is 0. The van der Waals surface area contributed by atoms with Crippen molar-refractivity contribution in [3.05, 3.63) is 0 Å². The lowest BCUT2D eigenvalue weighted by Crippen LogP contribution is -2.30. The van der Waals surface area contributed by atoms with Gasteiger partial charge in [0.25, 0.3) is 0 Å². The van der Waals surface area contributed by atoms with Crippen molar-refractivity contribution in [2.75, 3.05) is 13.2 Å². The maximum atomic E-state index is 12.9. The molecule has 0 bridgehead atoms. The van der Waals surface area contributed by atoms with Gasteiger partial charge in [-0.05, 0) is 19.3 Å². The van der Waals surface area contributed by atoms with Gasteiger partial charge in [0.05, 0.1) is 0 Å². The van der Waals surface area contributed by atoms with Crippen molar-refractivity contribution in [3.8, 4) is 0 Å². The highest BCUT2D eigenvalue weighted by molar-refractivity contribution is 5.71. The largest absolute Gasteiger partial charge is 0.462 e. The van der Waals surface area contributed by atoms with E-state index in [1.54, 1.807) is 0 Å². The summed E-state index contributed by atoms with van der Waals surface area (Å²) in [6, 6.07) is 0. The number of carbonyl (C=O) groups is 3. The van der Waals surface area contributed by atoms with E-state index in [0.29, 0.717) is 19.3 Å². The Morgan fingerprint density at radius 1 is 0.239 bits per heavy atom. The fourth-order valence-electron chi connectivity index (χ4n) is 9.51. The molecular formula is C61H118O6. The summed E-state index contributed by atoms with van der Waals surface area (Å²) in [5, 5.41) is 0. The Bertz CT molecular complexity index is 998. The maximum absolute atomic E-state index is 12.9. The fraction of sp³-hybridized carbons (Fsp3) is 0.951. The van der Waals surface area contributed by atoms with Crippen LogP contribution in [0.4, 0.5) is 0 Å². The van der Waals surface area contributed by atoms with Crippen LogP contribution in [0, 0.1) is 0 Å². The van der Waals surface area contributed by atoms with Crippen LogP contribution in [-0.2, 0) is 28.6 Å². The third-order valence-corrected chi connectivity index (χ3v) is 14.1. The normalized spacial score (nSPS) is 11.9. The molecule has 0 amide bonds. The van der Waals surface area contributed by atoms with Gasteiger partial charge in [0.1, 0.15) is 13.2 Å². The Hall–Kier alpha value is -1.59. The molecule has 0 heterocycles. The summed E-state index contributed by atoms with van der Waals surface area (Å²) >= 11 is 0. The van der Waals surface area contributed by atoms with E-state index in [4.69, 9.17) is 14.2 Å². The molecule has 0 saturated heterocycles. The average molecular weight is 948 g/mol. The predicted octanol–water partition coefficient (Wildman–Crippen LogP) is 20.3. The van der Waals surface area contributed by atoms with Crippen LogP contribution >= 0.6 is 0 Å². The topological polar surface area (TPSA) is 78.9 Å². The minimum Gasteiger partial charge on any atom is -0.462 e. The van der Waals surface area contributed by atoms with Crippen LogP contribution in [0.2, 0.25) is 0 Å². The van der Waals surface area contributed by atoms with E-state index in [1.165, 1.54) is 257 Å². The van der Waals surface area contributed by atoms with E-state index in [1.807, 2.05) is 0 Å². The van der Waals surface area contributed by atoms with Crippen LogP contribution in [0.3, 0.4) is 0 Å². The first-order valence-corrected chi connectivity index (χ1v) is 30.5. The van der Waals surface area contributed by atoms with Crippen molar-refractivity contribution in [2.24, 2.45) is 0 Å². The summed E-state index contributed by atoms with van der Waals surface area (Å²) in [4.78, 5) is 38.2. The van der Waals surface area contributed by atoms with Gasteiger partial charge in [-0.15, -0.1) is 0 Å². The lowest BCUT2D eigenvalue weighted by atomic mass is 10.0. The van der Waals surface area contributed by atoms with Gasteiger partial charge >= 0.3 is 17.9 Å². The van der Waals surface area contributed by atoms with Crippen LogP contribution in [0.1, 0.15) is 355 Å². The molecule has 398 valence electrons. The lowest BCUT2D eigenvalue weighted by molar-refractivity contribution is -0.167. The molecule has 0 aromatic rings. The van der Waals surface area contributed by atoms with Crippen LogP contribution in [-0.4, -0.2) is 37.2 Å².